The summed E-state index contributed by atoms with van der Waals surface area (Å²) in [6, 6.07) is 0.416. The van der Waals surface area contributed by atoms with Crippen molar-refractivity contribution in [3.8, 4) is 0 Å². The Labute approximate surface area is 103 Å². The van der Waals surface area contributed by atoms with E-state index in [1.807, 2.05) is 7.05 Å². The lowest BCUT2D eigenvalue weighted by Crippen LogP contribution is -2.31. The van der Waals surface area contributed by atoms with E-state index in [1.165, 1.54) is 0 Å². The first-order valence-electron chi connectivity index (χ1n) is 5.28. The molecule has 0 aliphatic heterocycles. The van der Waals surface area contributed by atoms with Gasteiger partial charge in [0.25, 0.3) is 0 Å². The zero-order chi connectivity index (χ0) is 13.1. The molecule has 17 heavy (non-hydrogen) atoms. The fourth-order valence-electron chi connectivity index (χ4n) is 1.08. The molecule has 7 heteroatoms. The quantitative estimate of drug-likeness (QED) is 0.889. The number of halogens is 3. The fraction of sp³-hybridized carbons (Fsp3) is 0.700. The van der Waals surface area contributed by atoms with Crippen molar-refractivity contribution in [2.45, 2.75) is 26.1 Å². The summed E-state index contributed by atoms with van der Waals surface area (Å²) in [5, 5.41) is 3.20. The van der Waals surface area contributed by atoms with Crippen LogP contribution in [0.15, 0.2) is 6.20 Å². The van der Waals surface area contributed by atoms with Crippen LogP contribution >= 0.6 is 11.3 Å². The Morgan fingerprint density at radius 2 is 2.12 bits per heavy atom. The van der Waals surface area contributed by atoms with Crippen molar-refractivity contribution >= 4 is 16.5 Å². The van der Waals surface area contributed by atoms with Gasteiger partial charge in [-0.3, -0.25) is 0 Å². The van der Waals surface area contributed by atoms with Crippen LogP contribution in [0.25, 0.3) is 0 Å². The molecule has 1 heterocycles. The minimum absolute atomic E-state index is 0.314. The molecule has 0 aromatic carbocycles. The molecule has 0 bridgehead atoms. The summed E-state index contributed by atoms with van der Waals surface area (Å²) in [5.41, 5.74) is 0. The summed E-state index contributed by atoms with van der Waals surface area (Å²) >= 11 is 0.634. The van der Waals surface area contributed by atoms with Gasteiger partial charge in [0, 0.05) is 19.1 Å². The van der Waals surface area contributed by atoms with E-state index in [9.17, 15) is 13.2 Å². The summed E-state index contributed by atoms with van der Waals surface area (Å²) in [6.45, 7) is 5.47. The van der Waals surface area contributed by atoms with Crippen LogP contribution in [-0.2, 0) is 6.18 Å². The van der Waals surface area contributed by atoms with Crippen molar-refractivity contribution in [3.05, 3.63) is 11.1 Å². The van der Waals surface area contributed by atoms with Crippen LogP contribution in [-0.4, -0.2) is 36.1 Å². The number of anilines is 1. The van der Waals surface area contributed by atoms with E-state index in [1.54, 1.807) is 0 Å². The Balaban J connectivity index is 2.41. The highest BCUT2D eigenvalue weighted by Gasteiger charge is 2.33. The second-order valence-corrected chi connectivity index (χ2v) is 5.06. The topological polar surface area (TPSA) is 28.2 Å². The minimum atomic E-state index is -4.30. The number of aromatic nitrogens is 1. The van der Waals surface area contributed by atoms with Gasteiger partial charge in [-0.25, -0.2) is 4.98 Å². The van der Waals surface area contributed by atoms with E-state index >= 15 is 0 Å². The summed E-state index contributed by atoms with van der Waals surface area (Å²) < 4.78 is 36.9. The third-order valence-corrected chi connectivity index (χ3v) is 3.41. The van der Waals surface area contributed by atoms with E-state index in [0.29, 0.717) is 29.1 Å². The largest absolute Gasteiger partial charge is 0.427 e. The van der Waals surface area contributed by atoms with Crippen LogP contribution in [0, 0.1) is 0 Å². The normalized spacial score (nSPS) is 12.5. The van der Waals surface area contributed by atoms with Gasteiger partial charge < -0.3 is 10.2 Å². The lowest BCUT2D eigenvalue weighted by molar-refractivity contribution is -0.134. The van der Waals surface area contributed by atoms with Gasteiger partial charge in [-0.05, 0) is 20.9 Å². The molecule has 0 saturated heterocycles. The first-order valence-corrected chi connectivity index (χ1v) is 6.09. The Bertz CT molecular complexity index is 349. The average Bonchev–Trinajstić information content (AvgIpc) is 2.65. The van der Waals surface area contributed by atoms with Crippen LogP contribution < -0.4 is 5.32 Å². The zero-order valence-electron chi connectivity index (χ0n) is 10.0. The molecule has 0 radical (unpaired) electrons. The summed E-state index contributed by atoms with van der Waals surface area (Å²) in [7, 11) is 1.97. The molecule has 0 aliphatic carbocycles. The number of hydrogen-bond acceptors (Lipinski definition) is 4. The van der Waals surface area contributed by atoms with Crippen molar-refractivity contribution in [3.63, 3.8) is 0 Å². The number of hydrogen-bond donors (Lipinski definition) is 1. The molecule has 1 aromatic heterocycles. The predicted octanol–water partition coefficient (Wildman–Crippen LogP) is 2.91. The molecule has 3 nitrogen and oxygen atoms in total. The minimum Gasteiger partial charge on any atom is -0.360 e. The van der Waals surface area contributed by atoms with E-state index in [2.05, 4.69) is 29.0 Å². The van der Waals surface area contributed by atoms with Crippen LogP contribution in [0.1, 0.15) is 18.7 Å². The number of nitrogens with one attached hydrogen (secondary N) is 1. The van der Waals surface area contributed by atoms with Gasteiger partial charge in [0.05, 0.1) is 6.20 Å². The van der Waals surface area contributed by atoms with Crippen molar-refractivity contribution < 1.29 is 13.2 Å². The van der Waals surface area contributed by atoms with Gasteiger partial charge in [0.2, 0.25) is 0 Å². The van der Waals surface area contributed by atoms with Gasteiger partial charge in [0.15, 0.2) is 5.13 Å². The number of nitrogens with zero attached hydrogens (tertiary/aromatic N) is 2. The Morgan fingerprint density at radius 3 is 2.59 bits per heavy atom. The number of alkyl halides is 3. The molecule has 98 valence electrons. The lowest BCUT2D eigenvalue weighted by atomic mass is 10.3. The predicted molar refractivity (Wildman–Crippen MR) is 63.4 cm³/mol. The third kappa shape index (κ3) is 4.51. The molecule has 0 unspecified atom stereocenters. The monoisotopic (exact) mass is 267 g/mol. The van der Waals surface area contributed by atoms with Gasteiger partial charge in [-0.2, -0.15) is 13.2 Å². The molecule has 1 rings (SSSR count). The van der Waals surface area contributed by atoms with Crippen molar-refractivity contribution in [2.75, 3.05) is 25.5 Å². The highest BCUT2D eigenvalue weighted by molar-refractivity contribution is 7.15. The molecule has 0 saturated carbocycles. The summed E-state index contributed by atoms with van der Waals surface area (Å²) in [5.74, 6) is 0. The van der Waals surface area contributed by atoms with Crippen molar-refractivity contribution in [1.82, 2.24) is 9.88 Å². The average molecular weight is 267 g/mol. The van der Waals surface area contributed by atoms with E-state index in [0.717, 1.165) is 12.7 Å². The molecule has 0 atom stereocenters. The maximum Gasteiger partial charge on any atom is 0.427 e. The fourth-order valence-corrected chi connectivity index (χ4v) is 1.79. The number of likely N-dealkylation sites (N-methyl/N-ethyl adjacent to an activating group) is 1. The molecule has 1 N–H and O–H groups in total. The maximum atomic E-state index is 12.3. The molecular formula is C10H16F3N3S. The first kappa shape index (κ1) is 14.2. The highest BCUT2D eigenvalue weighted by Crippen LogP contribution is 2.34. The Kier molecular flexibility index (Phi) is 4.76. The van der Waals surface area contributed by atoms with Gasteiger partial charge in [-0.15, -0.1) is 0 Å². The van der Waals surface area contributed by atoms with Crippen LogP contribution in [0.4, 0.5) is 18.3 Å². The van der Waals surface area contributed by atoms with Gasteiger partial charge >= 0.3 is 6.18 Å². The highest BCUT2D eigenvalue weighted by atomic mass is 32.1. The van der Waals surface area contributed by atoms with Crippen LogP contribution in [0.3, 0.4) is 0 Å². The molecule has 1 aromatic rings. The van der Waals surface area contributed by atoms with Crippen molar-refractivity contribution in [2.24, 2.45) is 0 Å². The zero-order valence-corrected chi connectivity index (χ0v) is 10.8. The maximum absolute atomic E-state index is 12.3. The molecule has 0 spiro atoms. The van der Waals surface area contributed by atoms with Gasteiger partial charge in [-0.1, -0.05) is 11.3 Å². The lowest BCUT2D eigenvalue weighted by Gasteiger charge is -2.20. The molecule has 0 aliphatic rings. The van der Waals surface area contributed by atoms with Crippen molar-refractivity contribution in [1.29, 1.82) is 0 Å². The first-order chi connectivity index (χ1) is 7.80. The Morgan fingerprint density at radius 1 is 1.47 bits per heavy atom. The second-order valence-electron chi connectivity index (χ2n) is 4.03. The summed E-state index contributed by atoms with van der Waals surface area (Å²) in [6.07, 6.45) is -3.44. The van der Waals surface area contributed by atoms with Crippen LogP contribution in [0.5, 0.6) is 0 Å². The van der Waals surface area contributed by atoms with E-state index in [4.69, 9.17) is 0 Å². The third-order valence-electron chi connectivity index (χ3n) is 2.41. The second kappa shape index (κ2) is 5.68. The van der Waals surface area contributed by atoms with Crippen LogP contribution in [0.2, 0.25) is 0 Å². The molecule has 0 fully saturated rings. The van der Waals surface area contributed by atoms with Gasteiger partial charge in [0.1, 0.15) is 4.88 Å². The van der Waals surface area contributed by atoms with E-state index in [-0.39, 0.29) is 0 Å². The number of thiazole rings is 1. The standard InChI is InChI=1S/C10H16F3N3S/c1-7(2)16(3)5-4-14-9-15-6-8(17-9)10(11,12)13/h6-7H,4-5H2,1-3H3,(H,14,15). The van der Waals surface area contributed by atoms with E-state index < -0.39 is 11.1 Å². The molecule has 0 amide bonds. The Hall–Kier alpha value is -0.820. The smallest absolute Gasteiger partial charge is 0.360 e. The number of rotatable bonds is 5. The molecular weight excluding hydrogens is 251 g/mol. The summed E-state index contributed by atoms with van der Waals surface area (Å²) in [4.78, 5) is 5.13. The SMILES string of the molecule is CC(C)N(C)CCNc1ncc(C(F)(F)F)s1.